The van der Waals surface area contributed by atoms with Crippen molar-refractivity contribution in [3.05, 3.63) is 37.8 Å². The third-order valence-corrected chi connectivity index (χ3v) is 2.57. The molecule has 0 saturated heterocycles. The lowest BCUT2D eigenvalue weighted by Gasteiger charge is -2.06. The smallest absolute Gasteiger partial charge is 0.274 e. The molecule has 0 aliphatic rings. The Morgan fingerprint density at radius 1 is 1.65 bits per heavy atom. The van der Waals surface area contributed by atoms with E-state index in [2.05, 4.69) is 21.2 Å². The number of nitrogens with one attached hydrogen (secondary N) is 1. The molecule has 0 aliphatic heterocycles. The highest BCUT2D eigenvalue weighted by Crippen LogP contribution is 2.26. The summed E-state index contributed by atoms with van der Waals surface area (Å²) in [6.45, 7) is 1.35. The first kappa shape index (κ1) is 13.1. The number of benzene rings is 1. The molecule has 0 radical (unpaired) electrons. The van der Waals surface area contributed by atoms with Crippen LogP contribution in [0.1, 0.15) is 15.9 Å². The zero-order valence-electron chi connectivity index (χ0n) is 8.86. The summed E-state index contributed by atoms with van der Waals surface area (Å²) < 4.78 is 0.442. The molecule has 1 N–H and O–H groups in total. The number of carbonyl (C=O) groups excluding carboxylic acids is 1. The number of halogens is 1. The molecule has 1 amide bonds. The molecule has 0 aliphatic carbocycles. The van der Waals surface area contributed by atoms with Crippen LogP contribution in [0.15, 0.2) is 16.6 Å². The lowest BCUT2D eigenvalue weighted by molar-refractivity contribution is -0.385. The monoisotopic (exact) mass is 297 g/mol. The van der Waals surface area contributed by atoms with Gasteiger partial charge in [-0.05, 0) is 13.0 Å². The zero-order chi connectivity index (χ0) is 13.0. The van der Waals surface area contributed by atoms with E-state index in [9.17, 15) is 14.9 Å². The Kier molecular flexibility index (Phi) is 4.17. The molecule has 0 fully saturated rings. The van der Waals surface area contributed by atoms with Crippen LogP contribution in [0.3, 0.4) is 0 Å². The van der Waals surface area contributed by atoms with E-state index in [1.54, 1.807) is 6.07 Å². The number of nitrogens with zero attached hydrogens (tertiary/aromatic N) is 2. The molecular formula is C10H8BrN3O3. The van der Waals surface area contributed by atoms with Crippen LogP contribution in [0.4, 0.5) is 5.69 Å². The van der Waals surface area contributed by atoms with E-state index in [-0.39, 0.29) is 23.4 Å². The Morgan fingerprint density at radius 3 is 2.82 bits per heavy atom. The fourth-order valence-corrected chi connectivity index (χ4v) is 1.75. The summed E-state index contributed by atoms with van der Waals surface area (Å²) in [6, 6.07) is 4.57. The third kappa shape index (κ3) is 3.01. The second-order valence-electron chi connectivity index (χ2n) is 3.20. The van der Waals surface area contributed by atoms with Crippen LogP contribution < -0.4 is 5.32 Å². The Bertz CT molecular complexity index is 522. The van der Waals surface area contributed by atoms with E-state index < -0.39 is 10.8 Å². The van der Waals surface area contributed by atoms with Crippen molar-refractivity contribution in [2.75, 3.05) is 6.54 Å². The van der Waals surface area contributed by atoms with E-state index in [4.69, 9.17) is 5.26 Å². The summed E-state index contributed by atoms with van der Waals surface area (Å²) in [5, 5.41) is 21.4. The highest BCUT2D eigenvalue weighted by molar-refractivity contribution is 9.10. The topological polar surface area (TPSA) is 96.0 Å². The molecule has 1 rings (SSSR count). The van der Waals surface area contributed by atoms with Crippen LogP contribution in [0.5, 0.6) is 0 Å². The Morgan fingerprint density at radius 2 is 2.29 bits per heavy atom. The van der Waals surface area contributed by atoms with Gasteiger partial charge in [-0.1, -0.05) is 15.9 Å². The summed E-state index contributed by atoms with van der Waals surface area (Å²) in [4.78, 5) is 21.9. The van der Waals surface area contributed by atoms with Crippen molar-refractivity contribution in [2.45, 2.75) is 6.92 Å². The fourth-order valence-electron chi connectivity index (χ4n) is 1.31. The molecule has 88 valence electrons. The summed E-state index contributed by atoms with van der Waals surface area (Å²) in [7, 11) is 0. The predicted octanol–water partition coefficient (Wildman–Crippen LogP) is 1.92. The fraction of sp³-hybridized carbons (Fsp3) is 0.200. The summed E-state index contributed by atoms with van der Waals surface area (Å²) in [6.07, 6.45) is 0. The minimum Gasteiger partial charge on any atom is -0.339 e. The predicted molar refractivity (Wildman–Crippen MR) is 63.5 cm³/mol. The van der Waals surface area contributed by atoms with Gasteiger partial charge in [0.2, 0.25) is 0 Å². The van der Waals surface area contributed by atoms with Gasteiger partial charge in [-0.25, -0.2) is 0 Å². The Hall–Kier alpha value is -1.94. The quantitative estimate of drug-likeness (QED) is 0.524. The van der Waals surface area contributed by atoms with Crippen molar-refractivity contribution in [3.63, 3.8) is 0 Å². The van der Waals surface area contributed by atoms with Gasteiger partial charge >= 0.3 is 0 Å². The van der Waals surface area contributed by atoms with Crippen LogP contribution in [-0.4, -0.2) is 17.4 Å². The van der Waals surface area contributed by atoms with E-state index >= 15 is 0 Å². The first-order chi connectivity index (χ1) is 7.97. The van der Waals surface area contributed by atoms with Gasteiger partial charge in [-0.2, -0.15) is 5.26 Å². The maximum Gasteiger partial charge on any atom is 0.274 e. The molecule has 6 nitrogen and oxygen atoms in total. The molecule has 0 spiro atoms. The molecule has 1 aromatic carbocycles. The number of nitro groups is 1. The number of carbonyl (C=O) groups is 1. The van der Waals surface area contributed by atoms with E-state index in [0.717, 1.165) is 0 Å². The van der Waals surface area contributed by atoms with Gasteiger partial charge in [-0.3, -0.25) is 14.9 Å². The van der Waals surface area contributed by atoms with Crippen LogP contribution >= 0.6 is 15.9 Å². The number of hydrogen-bond donors (Lipinski definition) is 1. The van der Waals surface area contributed by atoms with Gasteiger partial charge in [0.1, 0.15) is 6.54 Å². The van der Waals surface area contributed by atoms with Crippen LogP contribution in [0.2, 0.25) is 0 Å². The molecule has 1 aromatic rings. The minimum absolute atomic E-state index is 0.138. The maximum absolute atomic E-state index is 11.6. The Balaban J connectivity index is 3.21. The van der Waals surface area contributed by atoms with Gasteiger partial charge in [-0.15, -0.1) is 0 Å². The zero-order valence-corrected chi connectivity index (χ0v) is 10.4. The lowest BCUT2D eigenvalue weighted by Crippen LogP contribution is -2.24. The van der Waals surface area contributed by atoms with E-state index in [0.29, 0.717) is 4.47 Å². The first-order valence-electron chi connectivity index (χ1n) is 4.57. The summed E-state index contributed by atoms with van der Waals surface area (Å²) >= 11 is 3.10. The number of amides is 1. The van der Waals surface area contributed by atoms with Crippen LogP contribution in [0, 0.1) is 28.4 Å². The van der Waals surface area contributed by atoms with Crippen molar-refractivity contribution in [1.29, 1.82) is 5.26 Å². The highest BCUT2D eigenvalue weighted by Gasteiger charge is 2.19. The van der Waals surface area contributed by atoms with Crippen molar-refractivity contribution < 1.29 is 9.72 Å². The minimum atomic E-state index is -0.554. The second-order valence-corrected chi connectivity index (χ2v) is 4.11. The highest BCUT2D eigenvalue weighted by atomic mass is 79.9. The second kappa shape index (κ2) is 5.41. The molecule has 0 unspecified atom stereocenters. The SMILES string of the molecule is Cc1c(C(=O)NCC#N)cc(Br)cc1[N+](=O)[O-]. The lowest BCUT2D eigenvalue weighted by atomic mass is 10.1. The number of nitriles is 1. The van der Waals surface area contributed by atoms with Gasteiger partial charge in [0.25, 0.3) is 11.6 Å². The molecule has 0 saturated carbocycles. The van der Waals surface area contributed by atoms with Crippen LogP contribution in [0.25, 0.3) is 0 Å². The van der Waals surface area contributed by atoms with Crippen molar-refractivity contribution in [3.8, 4) is 6.07 Å². The number of nitro benzene ring substituents is 1. The summed E-state index contributed by atoms with van der Waals surface area (Å²) in [5.41, 5.74) is 0.316. The van der Waals surface area contributed by atoms with E-state index in [1.807, 2.05) is 0 Å². The maximum atomic E-state index is 11.6. The largest absolute Gasteiger partial charge is 0.339 e. The van der Waals surface area contributed by atoms with Crippen molar-refractivity contribution in [1.82, 2.24) is 5.32 Å². The molecule has 0 atom stereocenters. The first-order valence-corrected chi connectivity index (χ1v) is 5.36. The normalized spacial score (nSPS) is 9.47. The summed E-state index contributed by atoms with van der Waals surface area (Å²) in [5.74, 6) is -0.506. The van der Waals surface area contributed by atoms with Gasteiger partial charge in [0, 0.05) is 16.1 Å². The average Bonchev–Trinajstić information content (AvgIpc) is 2.28. The molecule has 7 heteroatoms. The average molecular weight is 298 g/mol. The van der Waals surface area contributed by atoms with Crippen molar-refractivity contribution in [2.24, 2.45) is 0 Å². The van der Waals surface area contributed by atoms with Gasteiger partial charge in [0.15, 0.2) is 0 Å². The van der Waals surface area contributed by atoms with Crippen molar-refractivity contribution >= 4 is 27.5 Å². The Labute approximate surface area is 106 Å². The molecule has 17 heavy (non-hydrogen) atoms. The van der Waals surface area contributed by atoms with Gasteiger partial charge < -0.3 is 5.32 Å². The van der Waals surface area contributed by atoms with Gasteiger partial charge in [0.05, 0.1) is 16.6 Å². The molecular weight excluding hydrogens is 290 g/mol. The van der Waals surface area contributed by atoms with Crippen LogP contribution in [-0.2, 0) is 0 Å². The number of rotatable bonds is 3. The number of hydrogen-bond acceptors (Lipinski definition) is 4. The molecule has 0 bridgehead atoms. The van der Waals surface area contributed by atoms with E-state index in [1.165, 1.54) is 19.1 Å². The third-order valence-electron chi connectivity index (χ3n) is 2.11. The molecule has 0 heterocycles. The molecule has 0 aromatic heterocycles. The standard InChI is InChI=1S/C10H8BrN3O3/c1-6-8(10(15)13-3-2-12)4-7(11)5-9(6)14(16)17/h4-5H,3H2,1H3,(H,13,15).